The predicted molar refractivity (Wildman–Crippen MR) is 123 cm³/mol. The molecule has 0 N–H and O–H groups in total. The molecule has 0 atom stereocenters. The fourth-order valence-electron chi connectivity index (χ4n) is 3.44. The number of nitrogens with zero attached hydrogens (tertiary/aromatic N) is 6. The maximum Gasteiger partial charge on any atom is 0.368 e. The van der Waals surface area contributed by atoms with Crippen molar-refractivity contribution in [1.82, 2.24) is 29.6 Å². The van der Waals surface area contributed by atoms with Crippen LogP contribution >= 0.6 is 0 Å². The molecule has 9 nitrogen and oxygen atoms in total. The summed E-state index contributed by atoms with van der Waals surface area (Å²) < 4.78 is 15.8. The number of hydrogen-bond acceptors (Lipinski definition) is 6. The number of ether oxygens (including phenoxy) is 2. The summed E-state index contributed by atoms with van der Waals surface area (Å²) in [5.41, 5.74) is 3.73. The Morgan fingerprint density at radius 1 is 1.09 bits per heavy atom. The molecule has 2 aromatic heterocycles. The molecule has 0 aliphatic rings. The highest BCUT2D eigenvalue weighted by molar-refractivity contribution is 5.61. The van der Waals surface area contributed by atoms with Crippen LogP contribution in [0, 0.1) is 18.8 Å². The van der Waals surface area contributed by atoms with E-state index in [0.29, 0.717) is 23.5 Å². The third kappa shape index (κ3) is 4.50. The van der Waals surface area contributed by atoms with Crippen molar-refractivity contribution in [2.75, 3.05) is 7.11 Å². The molecule has 2 heterocycles. The fourth-order valence-corrected chi connectivity index (χ4v) is 3.44. The molecule has 4 rings (SSSR count). The van der Waals surface area contributed by atoms with Gasteiger partial charge in [0.05, 0.1) is 24.1 Å². The first-order chi connectivity index (χ1) is 16.0. The summed E-state index contributed by atoms with van der Waals surface area (Å²) >= 11 is 0. The van der Waals surface area contributed by atoms with Gasteiger partial charge in [-0.15, -0.1) is 5.92 Å². The van der Waals surface area contributed by atoms with Gasteiger partial charge in [0.1, 0.15) is 24.7 Å². The second-order valence-corrected chi connectivity index (χ2v) is 7.35. The molecule has 0 spiro atoms. The van der Waals surface area contributed by atoms with E-state index >= 15 is 0 Å². The van der Waals surface area contributed by atoms with Gasteiger partial charge >= 0.3 is 5.69 Å². The largest absolute Gasteiger partial charge is 0.496 e. The lowest BCUT2D eigenvalue weighted by molar-refractivity contribution is 0.294. The molecular formula is C24H24N6O3. The lowest BCUT2D eigenvalue weighted by Gasteiger charge is -2.15. The third-order valence-corrected chi connectivity index (χ3v) is 5.18. The van der Waals surface area contributed by atoms with Gasteiger partial charge in [0.15, 0.2) is 0 Å². The smallest absolute Gasteiger partial charge is 0.368 e. The van der Waals surface area contributed by atoms with Crippen molar-refractivity contribution < 1.29 is 9.47 Å². The van der Waals surface area contributed by atoms with Gasteiger partial charge in [-0.2, -0.15) is 14.5 Å². The van der Waals surface area contributed by atoms with Gasteiger partial charge in [-0.1, -0.05) is 12.0 Å². The summed E-state index contributed by atoms with van der Waals surface area (Å²) in [6, 6.07) is 13.3. The molecule has 0 saturated carbocycles. The van der Waals surface area contributed by atoms with Gasteiger partial charge in [0, 0.05) is 18.8 Å². The minimum absolute atomic E-state index is 0.187. The summed E-state index contributed by atoms with van der Waals surface area (Å²) in [5, 5.41) is 12.3. The third-order valence-electron chi connectivity index (χ3n) is 5.18. The first-order valence-corrected chi connectivity index (χ1v) is 10.3. The zero-order chi connectivity index (χ0) is 23.4. The summed E-state index contributed by atoms with van der Waals surface area (Å²) in [4.78, 5) is 12.4. The Morgan fingerprint density at radius 3 is 2.64 bits per heavy atom. The van der Waals surface area contributed by atoms with Crippen molar-refractivity contribution in [2.45, 2.75) is 27.0 Å². The number of benzene rings is 2. The number of methoxy groups -OCH3 is 1. The first-order valence-electron chi connectivity index (χ1n) is 10.3. The first kappa shape index (κ1) is 21.9. The molecule has 33 heavy (non-hydrogen) atoms. The summed E-state index contributed by atoms with van der Waals surface area (Å²) in [5.74, 6) is 7.19. The topological polar surface area (TPSA) is 89.0 Å². The number of tetrazole rings is 1. The highest BCUT2D eigenvalue weighted by Crippen LogP contribution is 2.29. The highest BCUT2D eigenvalue weighted by Gasteiger charge is 2.16. The maximum absolute atomic E-state index is 12.4. The average molecular weight is 444 g/mol. The molecule has 0 amide bonds. The summed E-state index contributed by atoms with van der Waals surface area (Å²) in [7, 11) is 3.13. The molecule has 9 heteroatoms. The van der Waals surface area contributed by atoms with Gasteiger partial charge in [-0.05, 0) is 66.2 Å². The van der Waals surface area contributed by atoms with Gasteiger partial charge in [0.2, 0.25) is 0 Å². The van der Waals surface area contributed by atoms with Crippen molar-refractivity contribution in [3.63, 3.8) is 0 Å². The van der Waals surface area contributed by atoms with Crippen LogP contribution < -0.4 is 15.2 Å². The monoisotopic (exact) mass is 444 g/mol. The van der Waals surface area contributed by atoms with Crippen molar-refractivity contribution in [1.29, 1.82) is 0 Å². The van der Waals surface area contributed by atoms with E-state index < -0.39 is 0 Å². The molecule has 0 radical (unpaired) electrons. The van der Waals surface area contributed by atoms with Gasteiger partial charge < -0.3 is 9.47 Å². The van der Waals surface area contributed by atoms with Crippen LogP contribution in [0.1, 0.15) is 18.1 Å². The number of hydrogen-bond donors (Lipinski definition) is 0. The standard InChI is InChI=1S/C24H24N6O3/c1-5-6-13-29-14-12-20(25-29)18-10-11-22(17(2)15-18)33-16-19-21(8-7-9-23(19)32-4)30-24(31)28(3)26-27-30/h7-12,14-15H,13,16H2,1-4H3. The van der Waals surface area contributed by atoms with E-state index in [1.54, 1.807) is 26.3 Å². The molecule has 0 unspecified atom stereocenters. The van der Waals surface area contributed by atoms with Crippen molar-refractivity contribution >= 4 is 0 Å². The Balaban J connectivity index is 1.58. The Morgan fingerprint density at radius 2 is 1.94 bits per heavy atom. The van der Waals surface area contributed by atoms with Crippen LogP contribution in [0.15, 0.2) is 53.5 Å². The van der Waals surface area contributed by atoms with E-state index in [1.807, 2.05) is 55.1 Å². The van der Waals surface area contributed by atoms with Crippen LogP contribution in [0.2, 0.25) is 0 Å². The second-order valence-electron chi connectivity index (χ2n) is 7.35. The zero-order valence-electron chi connectivity index (χ0n) is 18.9. The molecule has 0 bridgehead atoms. The van der Waals surface area contributed by atoms with Crippen molar-refractivity contribution in [3.8, 4) is 40.3 Å². The van der Waals surface area contributed by atoms with Crippen LogP contribution in [0.4, 0.5) is 0 Å². The van der Waals surface area contributed by atoms with Crippen molar-refractivity contribution in [2.24, 2.45) is 7.05 Å². The number of aromatic nitrogens is 6. The lowest BCUT2D eigenvalue weighted by atomic mass is 10.1. The SMILES string of the molecule is CC#CCn1ccc(-c2ccc(OCc3c(OC)cccc3-n3nnn(C)c3=O)c(C)c2)n1. The van der Waals surface area contributed by atoms with E-state index in [-0.39, 0.29) is 12.3 Å². The van der Waals surface area contributed by atoms with Crippen LogP contribution in [-0.2, 0) is 20.2 Å². The Bertz CT molecular complexity index is 1400. The number of rotatable bonds is 7. The minimum atomic E-state index is -0.352. The minimum Gasteiger partial charge on any atom is -0.496 e. The maximum atomic E-state index is 12.4. The molecule has 168 valence electrons. The van der Waals surface area contributed by atoms with Crippen LogP contribution in [0.5, 0.6) is 11.5 Å². The van der Waals surface area contributed by atoms with E-state index in [1.165, 1.54) is 9.36 Å². The van der Waals surface area contributed by atoms with E-state index in [0.717, 1.165) is 22.6 Å². The Hall–Kier alpha value is -4.32. The van der Waals surface area contributed by atoms with Crippen LogP contribution in [-0.4, -0.2) is 36.7 Å². The Kier molecular flexibility index (Phi) is 6.26. The summed E-state index contributed by atoms with van der Waals surface area (Å²) in [6.07, 6.45) is 1.91. The van der Waals surface area contributed by atoms with Crippen LogP contribution in [0.25, 0.3) is 16.9 Å². The fraction of sp³-hybridized carbons (Fsp3) is 0.250. The van der Waals surface area contributed by atoms with E-state index in [2.05, 4.69) is 27.4 Å². The summed E-state index contributed by atoms with van der Waals surface area (Å²) in [6.45, 7) is 4.54. The quantitative estimate of drug-likeness (QED) is 0.407. The van der Waals surface area contributed by atoms with Gasteiger partial charge in [0.25, 0.3) is 0 Å². The molecule has 0 aliphatic carbocycles. The molecule has 0 aliphatic heterocycles. The number of aryl methyl sites for hydroxylation is 2. The molecule has 2 aromatic carbocycles. The van der Waals surface area contributed by atoms with E-state index in [9.17, 15) is 4.79 Å². The zero-order valence-corrected chi connectivity index (χ0v) is 18.9. The predicted octanol–water partition coefficient (Wildman–Crippen LogP) is 2.75. The molecule has 0 saturated heterocycles. The van der Waals surface area contributed by atoms with Crippen LogP contribution in [0.3, 0.4) is 0 Å². The second kappa shape index (κ2) is 9.44. The molecule has 0 fully saturated rings. The molecular weight excluding hydrogens is 420 g/mol. The lowest BCUT2D eigenvalue weighted by Crippen LogP contribution is -2.23. The Labute approximate surface area is 191 Å². The van der Waals surface area contributed by atoms with Gasteiger partial charge in [-0.25, -0.2) is 4.79 Å². The molecule has 4 aromatic rings. The normalized spacial score (nSPS) is 10.5. The van der Waals surface area contributed by atoms with Gasteiger partial charge in [-0.3, -0.25) is 4.68 Å². The highest BCUT2D eigenvalue weighted by atomic mass is 16.5. The average Bonchev–Trinajstić information content (AvgIpc) is 3.43. The van der Waals surface area contributed by atoms with E-state index in [4.69, 9.17) is 9.47 Å². The van der Waals surface area contributed by atoms with Crippen molar-refractivity contribution in [3.05, 3.63) is 70.3 Å².